The lowest BCUT2D eigenvalue weighted by atomic mass is 9.97. The lowest BCUT2D eigenvalue weighted by Crippen LogP contribution is -2.12. The fourth-order valence-electron chi connectivity index (χ4n) is 2.76. The van der Waals surface area contributed by atoms with Crippen molar-refractivity contribution in [2.24, 2.45) is 5.92 Å². The van der Waals surface area contributed by atoms with E-state index in [9.17, 15) is 5.11 Å². The largest absolute Gasteiger partial charge is 0.387 e. The maximum atomic E-state index is 10.5. The van der Waals surface area contributed by atoms with Crippen molar-refractivity contribution in [3.63, 3.8) is 0 Å². The number of hydrogen-bond acceptors (Lipinski definition) is 2. The molecule has 2 aromatic rings. The summed E-state index contributed by atoms with van der Waals surface area (Å²) in [7, 11) is 0. The molecule has 0 spiro atoms. The van der Waals surface area contributed by atoms with Crippen LogP contribution in [0, 0.1) is 5.92 Å². The number of hydrogen-bond donors (Lipinski definition) is 1. The third-order valence-electron chi connectivity index (χ3n) is 3.67. The molecular weight excluding hydrogens is 280 g/mol. The van der Waals surface area contributed by atoms with Gasteiger partial charge < -0.3 is 9.51 Å². The molecule has 0 saturated heterocycles. The van der Waals surface area contributed by atoms with Crippen LogP contribution in [0.2, 0.25) is 0 Å². The molecule has 0 amide bonds. The third-order valence-corrected chi connectivity index (χ3v) is 4.12. The van der Waals surface area contributed by atoms with Crippen LogP contribution in [0.1, 0.15) is 37.5 Å². The van der Waals surface area contributed by atoms with Gasteiger partial charge in [-0.25, -0.2) is 4.98 Å². The topological polar surface area (TPSA) is 37.5 Å². The fraction of sp³-hybridized carbons (Fsp3) is 0.462. The summed E-state index contributed by atoms with van der Waals surface area (Å²) < 4.78 is 2.98. The Morgan fingerprint density at radius 3 is 2.88 bits per heavy atom. The Morgan fingerprint density at radius 2 is 2.12 bits per heavy atom. The molecule has 0 aromatic carbocycles. The number of halogens is 1. The highest BCUT2D eigenvalue weighted by Crippen LogP contribution is 2.36. The molecule has 17 heavy (non-hydrogen) atoms. The normalized spacial score (nSPS) is 18.9. The van der Waals surface area contributed by atoms with Gasteiger partial charge in [0.1, 0.15) is 0 Å². The second-order valence-corrected chi connectivity index (χ2v) is 5.69. The average molecular weight is 295 g/mol. The van der Waals surface area contributed by atoms with Crippen LogP contribution in [-0.4, -0.2) is 14.5 Å². The van der Waals surface area contributed by atoms with Gasteiger partial charge in [0, 0.05) is 4.47 Å². The lowest BCUT2D eigenvalue weighted by Gasteiger charge is -2.19. The van der Waals surface area contributed by atoms with Crippen LogP contribution < -0.4 is 0 Å². The molecule has 4 heteroatoms. The van der Waals surface area contributed by atoms with E-state index in [1.165, 1.54) is 12.8 Å². The van der Waals surface area contributed by atoms with E-state index in [-0.39, 0.29) is 6.10 Å². The van der Waals surface area contributed by atoms with Crippen molar-refractivity contribution in [1.82, 2.24) is 9.38 Å². The first-order valence-corrected chi connectivity index (χ1v) is 6.84. The van der Waals surface area contributed by atoms with Crippen molar-refractivity contribution < 1.29 is 5.11 Å². The van der Waals surface area contributed by atoms with E-state index in [0.717, 1.165) is 28.5 Å². The van der Waals surface area contributed by atoms with Gasteiger partial charge in [-0.3, -0.25) is 0 Å². The highest BCUT2D eigenvalue weighted by molar-refractivity contribution is 9.10. The van der Waals surface area contributed by atoms with Gasteiger partial charge >= 0.3 is 0 Å². The van der Waals surface area contributed by atoms with Gasteiger partial charge in [-0.15, -0.1) is 0 Å². The zero-order valence-corrected chi connectivity index (χ0v) is 11.1. The molecule has 0 radical (unpaired) electrons. The summed E-state index contributed by atoms with van der Waals surface area (Å²) in [6.07, 6.45) is 7.94. The Kier molecular flexibility index (Phi) is 2.92. The molecule has 1 fully saturated rings. The monoisotopic (exact) mass is 294 g/mol. The van der Waals surface area contributed by atoms with E-state index < -0.39 is 0 Å². The van der Waals surface area contributed by atoms with Crippen LogP contribution >= 0.6 is 15.9 Å². The Bertz CT molecular complexity index is 531. The molecule has 2 aromatic heterocycles. The molecule has 1 atom stereocenters. The summed E-state index contributed by atoms with van der Waals surface area (Å²) in [5.41, 5.74) is 1.96. The van der Waals surface area contributed by atoms with Crippen LogP contribution in [0.25, 0.3) is 5.52 Å². The standard InChI is InChI=1S/C13H15BrN2O/c14-10-5-11-7-15-8-16(11)12(6-10)13(17)9-3-1-2-4-9/h5-9,13,17H,1-4H2. The minimum atomic E-state index is -0.383. The Balaban J connectivity index is 2.05. The fourth-order valence-corrected chi connectivity index (χ4v) is 3.23. The van der Waals surface area contributed by atoms with Crippen LogP contribution in [0.15, 0.2) is 29.1 Å². The highest BCUT2D eigenvalue weighted by atomic mass is 79.9. The minimum absolute atomic E-state index is 0.383. The number of aromatic nitrogens is 2. The number of aliphatic hydroxyl groups excluding tert-OH is 1. The van der Waals surface area contributed by atoms with Gasteiger partial charge in [-0.05, 0) is 30.9 Å². The van der Waals surface area contributed by atoms with Crippen LogP contribution in [0.4, 0.5) is 0 Å². The maximum Gasteiger partial charge on any atom is 0.0995 e. The number of aliphatic hydroxyl groups is 1. The van der Waals surface area contributed by atoms with Gasteiger partial charge in [0.15, 0.2) is 0 Å². The van der Waals surface area contributed by atoms with Crippen molar-refractivity contribution in [2.75, 3.05) is 0 Å². The quantitative estimate of drug-likeness (QED) is 0.923. The molecular formula is C13H15BrN2O. The van der Waals surface area contributed by atoms with Crippen LogP contribution in [0.3, 0.4) is 0 Å². The lowest BCUT2D eigenvalue weighted by molar-refractivity contribution is 0.106. The number of fused-ring (bicyclic) bond motifs is 1. The zero-order chi connectivity index (χ0) is 11.8. The Hall–Kier alpha value is -0.870. The molecule has 1 N–H and O–H groups in total. The highest BCUT2D eigenvalue weighted by Gasteiger charge is 2.26. The first kappa shape index (κ1) is 11.2. The van der Waals surface area contributed by atoms with Crippen molar-refractivity contribution in [1.29, 1.82) is 0 Å². The predicted molar refractivity (Wildman–Crippen MR) is 69.8 cm³/mol. The first-order valence-electron chi connectivity index (χ1n) is 6.05. The number of rotatable bonds is 2. The summed E-state index contributed by atoms with van der Waals surface area (Å²) in [5.74, 6) is 0.398. The number of pyridine rings is 1. The van der Waals surface area contributed by atoms with Crippen molar-refractivity contribution in [3.05, 3.63) is 34.8 Å². The van der Waals surface area contributed by atoms with Gasteiger partial charge in [0.25, 0.3) is 0 Å². The number of imidazole rings is 1. The van der Waals surface area contributed by atoms with E-state index in [1.807, 2.05) is 22.7 Å². The van der Waals surface area contributed by atoms with Gasteiger partial charge in [0.05, 0.1) is 29.8 Å². The molecule has 1 saturated carbocycles. The van der Waals surface area contributed by atoms with E-state index >= 15 is 0 Å². The SMILES string of the molecule is OC(c1cc(Br)cc2cncn12)C1CCCC1. The molecule has 0 aliphatic heterocycles. The molecule has 0 bridgehead atoms. The molecule has 90 valence electrons. The van der Waals surface area contributed by atoms with Gasteiger partial charge in [-0.2, -0.15) is 0 Å². The second-order valence-electron chi connectivity index (χ2n) is 4.78. The van der Waals surface area contributed by atoms with Crippen molar-refractivity contribution in [3.8, 4) is 0 Å². The minimum Gasteiger partial charge on any atom is -0.387 e. The van der Waals surface area contributed by atoms with E-state index in [4.69, 9.17) is 0 Å². The zero-order valence-electron chi connectivity index (χ0n) is 9.51. The Labute approximate surface area is 109 Å². The second kappa shape index (κ2) is 4.42. The van der Waals surface area contributed by atoms with Crippen LogP contribution in [0.5, 0.6) is 0 Å². The Morgan fingerprint density at radius 1 is 1.35 bits per heavy atom. The van der Waals surface area contributed by atoms with Crippen molar-refractivity contribution >= 4 is 21.4 Å². The maximum absolute atomic E-state index is 10.5. The summed E-state index contributed by atoms with van der Waals surface area (Å²) >= 11 is 3.49. The summed E-state index contributed by atoms with van der Waals surface area (Å²) in [5, 5.41) is 10.5. The molecule has 3 nitrogen and oxygen atoms in total. The van der Waals surface area contributed by atoms with E-state index in [1.54, 1.807) is 6.33 Å². The molecule has 1 aliphatic carbocycles. The summed E-state index contributed by atoms with van der Waals surface area (Å²) in [6, 6.07) is 4.01. The summed E-state index contributed by atoms with van der Waals surface area (Å²) in [6.45, 7) is 0. The smallest absolute Gasteiger partial charge is 0.0995 e. The van der Waals surface area contributed by atoms with E-state index in [0.29, 0.717) is 5.92 Å². The molecule has 1 aliphatic rings. The van der Waals surface area contributed by atoms with Gasteiger partial charge in [-0.1, -0.05) is 28.8 Å². The molecule has 3 rings (SSSR count). The van der Waals surface area contributed by atoms with Crippen molar-refractivity contribution in [2.45, 2.75) is 31.8 Å². The van der Waals surface area contributed by atoms with Crippen LogP contribution in [-0.2, 0) is 0 Å². The van der Waals surface area contributed by atoms with E-state index in [2.05, 4.69) is 20.9 Å². The number of nitrogens with zero attached hydrogens (tertiary/aromatic N) is 2. The third kappa shape index (κ3) is 2.00. The predicted octanol–water partition coefficient (Wildman–Crippen LogP) is 3.32. The molecule has 2 heterocycles. The first-order chi connectivity index (χ1) is 8.25. The average Bonchev–Trinajstić information content (AvgIpc) is 2.97. The summed E-state index contributed by atoms with van der Waals surface area (Å²) in [4.78, 5) is 4.14. The molecule has 1 unspecified atom stereocenters. The van der Waals surface area contributed by atoms with Gasteiger partial charge in [0.2, 0.25) is 0 Å².